The molecule has 6 heteroatoms. The molecule has 1 aromatic carbocycles. The van der Waals surface area contributed by atoms with Crippen molar-refractivity contribution in [2.24, 2.45) is 0 Å². The van der Waals surface area contributed by atoms with Gasteiger partial charge in [-0.2, -0.15) is 0 Å². The third-order valence-corrected chi connectivity index (χ3v) is 4.36. The molecule has 5 nitrogen and oxygen atoms in total. The predicted octanol–water partition coefficient (Wildman–Crippen LogP) is 3.52. The van der Waals surface area contributed by atoms with Gasteiger partial charge in [-0.15, -0.1) is 11.3 Å². The molecule has 2 rings (SSSR count). The van der Waals surface area contributed by atoms with Crippen molar-refractivity contribution in [3.8, 4) is 5.75 Å². The van der Waals surface area contributed by atoms with Crippen molar-refractivity contribution in [1.29, 1.82) is 0 Å². The number of hydrogen-bond donors (Lipinski definition) is 1. The van der Waals surface area contributed by atoms with Crippen molar-refractivity contribution in [3.05, 3.63) is 55.8 Å². The summed E-state index contributed by atoms with van der Waals surface area (Å²) in [5.41, 5.74) is 0.871. The van der Waals surface area contributed by atoms with E-state index in [-0.39, 0.29) is 11.4 Å². The number of rotatable bonds is 7. The highest BCUT2D eigenvalue weighted by Gasteiger charge is 2.14. The molecule has 0 bridgehead atoms. The van der Waals surface area contributed by atoms with Crippen LogP contribution in [0.25, 0.3) is 0 Å². The summed E-state index contributed by atoms with van der Waals surface area (Å²) in [5, 5.41) is 14.3. The SMILES string of the molecule is CCc1ccc(CNCc2ccc(OC)c([N+](=O)[O-])c2)s1. The van der Waals surface area contributed by atoms with Crippen molar-refractivity contribution in [1.82, 2.24) is 5.32 Å². The summed E-state index contributed by atoms with van der Waals surface area (Å²) in [6, 6.07) is 9.28. The maximum absolute atomic E-state index is 11.0. The van der Waals surface area contributed by atoms with E-state index in [1.54, 1.807) is 23.5 Å². The van der Waals surface area contributed by atoms with Gasteiger partial charge < -0.3 is 10.1 Å². The largest absolute Gasteiger partial charge is 0.490 e. The monoisotopic (exact) mass is 306 g/mol. The molecule has 0 radical (unpaired) electrons. The first-order valence-corrected chi connectivity index (χ1v) is 7.55. The van der Waals surface area contributed by atoms with Crippen LogP contribution in [0.5, 0.6) is 5.75 Å². The van der Waals surface area contributed by atoms with E-state index in [1.807, 2.05) is 6.07 Å². The Morgan fingerprint density at radius 1 is 1.24 bits per heavy atom. The van der Waals surface area contributed by atoms with Crippen LogP contribution in [0.2, 0.25) is 0 Å². The molecule has 0 spiro atoms. The van der Waals surface area contributed by atoms with Crippen LogP contribution >= 0.6 is 11.3 Å². The number of nitrogens with one attached hydrogen (secondary N) is 1. The van der Waals surface area contributed by atoms with E-state index in [0.29, 0.717) is 6.54 Å². The average molecular weight is 306 g/mol. The first kappa shape index (κ1) is 15.5. The Morgan fingerprint density at radius 2 is 2.00 bits per heavy atom. The summed E-state index contributed by atoms with van der Waals surface area (Å²) in [5.74, 6) is 0.287. The molecule has 0 aliphatic heterocycles. The molecule has 1 N–H and O–H groups in total. The van der Waals surface area contributed by atoms with E-state index >= 15 is 0 Å². The minimum Gasteiger partial charge on any atom is -0.490 e. The number of hydrogen-bond acceptors (Lipinski definition) is 5. The van der Waals surface area contributed by atoms with E-state index < -0.39 is 4.92 Å². The lowest BCUT2D eigenvalue weighted by atomic mass is 10.2. The average Bonchev–Trinajstić information content (AvgIpc) is 2.95. The molecule has 1 aromatic heterocycles. The third-order valence-electron chi connectivity index (χ3n) is 3.13. The number of nitro benzene ring substituents is 1. The fourth-order valence-corrected chi connectivity index (χ4v) is 2.95. The fraction of sp³-hybridized carbons (Fsp3) is 0.333. The third kappa shape index (κ3) is 4.03. The quantitative estimate of drug-likeness (QED) is 0.628. The van der Waals surface area contributed by atoms with Crippen molar-refractivity contribution in [2.75, 3.05) is 7.11 Å². The number of aryl methyl sites for hydroxylation is 1. The first-order valence-electron chi connectivity index (χ1n) is 6.73. The van der Waals surface area contributed by atoms with Crippen LogP contribution in [-0.2, 0) is 19.5 Å². The standard InChI is InChI=1S/C15H18N2O3S/c1-3-12-5-6-13(21-12)10-16-9-11-4-7-15(20-2)14(8-11)17(18)19/h4-8,16H,3,9-10H2,1-2H3. The summed E-state index contributed by atoms with van der Waals surface area (Å²) < 4.78 is 4.99. The van der Waals surface area contributed by atoms with E-state index in [9.17, 15) is 10.1 Å². The maximum atomic E-state index is 11.0. The molecule has 0 aliphatic carbocycles. The number of nitro groups is 1. The molecule has 0 unspecified atom stereocenters. The first-order chi connectivity index (χ1) is 10.1. The summed E-state index contributed by atoms with van der Waals surface area (Å²) >= 11 is 1.79. The van der Waals surface area contributed by atoms with Gasteiger partial charge in [-0.25, -0.2) is 0 Å². The van der Waals surface area contributed by atoms with E-state index in [2.05, 4.69) is 24.4 Å². The Morgan fingerprint density at radius 3 is 2.62 bits per heavy atom. The molecule has 0 saturated heterocycles. The van der Waals surface area contributed by atoms with Crippen LogP contribution in [0.15, 0.2) is 30.3 Å². The van der Waals surface area contributed by atoms with Gasteiger partial charge in [-0.05, 0) is 30.2 Å². The van der Waals surface area contributed by atoms with Crippen LogP contribution < -0.4 is 10.1 Å². The van der Waals surface area contributed by atoms with Crippen molar-refractivity contribution < 1.29 is 9.66 Å². The van der Waals surface area contributed by atoms with Crippen molar-refractivity contribution in [2.45, 2.75) is 26.4 Å². The van der Waals surface area contributed by atoms with Gasteiger partial charge in [0, 0.05) is 28.9 Å². The highest BCUT2D eigenvalue weighted by atomic mass is 32.1. The second-order valence-corrected chi connectivity index (χ2v) is 5.84. The summed E-state index contributed by atoms with van der Waals surface area (Å²) in [6.07, 6.45) is 1.05. The topological polar surface area (TPSA) is 64.4 Å². The van der Waals surface area contributed by atoms with E-state index in [0.717, 1.165) is 18.5 Å². The Hall–Kier alpha value is -1.92. The summed E-state index contributed by atoms with van der Waals surface area (Å²) in [4.78, 5) is 13.2. The molecule has 0 aliphatic rings. The van der Waals surface area contributed by atoms with Gasteiger partial charge in [0.05, 0.1) is 12.0 Å². The molecular weight excluding hydrogens is 288 g/mol. The highest BCUT2D eigenvalue weighted by Crippen LogP contribution is 2.27. The second-order valence-electron chi connectivity index (χ2n) is 4.59. The van der Waals surface area contributed by atoms with Gasteiger partial charge >= 0.3 is 5.69 Å². The molecule has 21 heavy (non-hydrogen) atoms. The molecule has 0 amide bonds. The number of nitrogens with zero attached hydrogens (tertiary/aromatic N) is 1. The van der Waals surface area contributed by atoms with Crippen LogP contribution in [0.3, 0.4) is 0 Å². The van der Waals surface area contributed by atoms with Crippen molar-refractivity contribution in [3.63, 3.8) is 0 Å². The molecule has 0 atom stereocenters. The molecular formula is C15H18N2O3S. The normalized spacial score (nSPS) is 10.6. The molecule has 112 valence electrons. The van der Waals surface area contributed by atoms with Gasteiger partial charge in [-0.1, -0.05) is 13.0 Å². The Kier molecular flexibility index (Phi) is 5.30. The lowest BCUT2D eigenvalue weighted by molar-refractivity contribution is -0.385. The predicted molar refractivity (Wildman–Crippen MR) is 83.9 cm³/mol. The van der Waals surface area contributed by atoms with E-state index in [4.69, 9.17) is 4.74 Å². The smallest absolute Gasteiger partial charge is 0.311 e. The number of thiophene rings is 1. The Bertz CT molecular complexity index is 625. The Balaban J connectivity index is 1.96. The lowest BCUT2D eigenvalue weighted by Gasteiger charge is -2.06. The van der Waals surface area contributed by atoms with Gasteiger partial charge in [0.2, 0.25) is 0 Å². The minimum absolute atomic E-state index is 0.00110. The lowest BCUT2D eigenvalue weighted by Crippen LogP contribution is -2.12. The molecule has 1 heterocycles. The summed E-state index contributed by atoms with van der Waals surface area (Å²) in [7, 11) is 1.43. The van der Waals surface area contributed by atoms with E-state index in [1.165, 1.54) is 16.9 Å². The minimum atomic E-state index is -0.421. The second kappa shape index (κ2) is 7.19. The zero-order valence-electron chi connectivity index (χ0n) is 12.1. The molecule has 0 saturated carbocycles. The van der Waals surface area contributed by atoms with Crippen LogP contribution in [-0.4, -0.2) is 12.0 Å². The number of methoxy groups -OCH3 is 1. The fourth-order valence-electron chi connectivity index (χ4n) is 2.03. The van der Waals surface area contributed by atoms with Gasteiger partial charge in [0.25, 0.3) is 0 Å². The Labute approximate surface area is 127 Å². The van der Waals surface area contributed by atoms with Crippen LogP contribution in [0.1, 0.15) is 22.2 Å². The van der Waals surface area contributed by atoms with Gasteiger partial charge in [0.1, 0.15) is 0 Å². The van der Waals surface area contributed by atoms with Gasteiger partial charge in [-0.3, -0.25) is 10.1 Å². The number of benzene rings is 1. The van der Waals surface area contributed by atoms with Crippen molar-refractivity contribution >= 4 is 17.0 Å². The number of ether oxygens (including phenoxy) is 1. The van der Waals surface area contributed by atoms with Gasteiger partial charge in [0.15, 0.2) is 5.75 Å². The summed E-state index contributed by atoms with van der Waals surface area (Å²) in [6.45, 7) is 3.49. The zero-order chi connectivity index (χ0) is 15.2. The molecule has 0 fully saturated rings. The highest BCUT2D eigenvalue weighted by molar-refractivity contribution is 7.11. The maximum Gasteiger partial charge on any atom is 0.311 e. The van der Waals surface area contributed by atoms with Crippen LogP contribution in [0, 0.1) is 10.1 Å². The van der Waals surface area contributed by atoms with Crippen LogP contribution in [0.4, 0.5) is 5.69 Å². The molecule has 2 aromatic rings. The zero-order valence-corrected chi connectivity index (χ0v) is 12.9.